The van der Waals surface area contributed by atoms with Gasteiger partial charge in [0.25, 0.3) is 0 Å². The first-order valence-electron chi connectivity index (χ1n) is 4.73. The first-order valence-corrected chi connectivity index (χ1v) is 6.06. The SMILES string of the molecule is COCCN(C)c1cc(Br)ccc1CCl. The summed E-state index contributed by atoms with van der Waals surface area (Å²) in [5, 5.41) is 0. The molecule has 0 heterocycles. The highest BCUT2D eigenvalue weighted by atomic mass is 79.9. The van der Waals surface area contributed by atoms with Gasteiger partial charge in [0.15, 0.2) is 0 Å². The highest BCUT2D eigenvalue weighted by molar-refractivity contribution is 9.10. The maximum Gasteiger partial charge on any atom is 0.0637 e. The van der Waals surface area contributed by atoms with Crippen molar-refractivity contribution < 1.29 is 4.74 Å². The summed E-state index contributed by atoms with van der Waals surface area (Å²) in [5.74, 6) is 0.528. The molecule has 0 aliphatic heterocycles. The van der Waals surface area contributed by atoms with E-state index in [1.165, 1.54) is 0 Å². The summed E-state index contributed by atoms with van der Waals surface area (Å²) in [7, 11) is 3.74. The average Bonchev–Trinajstić information content (AvgIpc) is 2.25. The molecule has 15 heavy (non-hydrogen) atoms. The molecule has 2 nitrogen and oxygen atoms in total. The molecule has 1 aromatic rings. The number of hydrogen-bond donors (Lipinski definition) is 0. The number of likely N-dealkylation sites (N-methyl/N-ethyl adjacent to an activating group) is 1. The molecule has 0 fully saturated rings. The summed E-state index contributed by atoms with van der Waals surface area (Å²) in [5.41, 5.74) is 2.29. The Morgan fingerprint density at radius 1 is 1.47 bits per heavy atom. The number of methoxy groups -OCH3 is 1. The molecule has 1 aromatic carbocycles. The van der Waals surface area contributed by atoms with Gasteiger partial charge in [0.1, 0.15) is 0 Å². The molecule has 0 saturated carbocycles. The molecule has 0 spiro atoms. The molecule has 0 saturated heterocycles. The van der Waals surface area contributed by atoms with Gasteiger partial charge in [-0.15, -0.1) is 11.6 Å². The lowest BCUT2D eigenvalue weighted by Crippen LogP contribution is -2.23. The molecule has 0 amide bonds. The molecule has 0 aromatic heterocycles. The fourth-order valence-electron chi connectivity index (χ4n) is 1.35. The largest absolute Gasteiger partial charge is 0.383 e. The molecular formula is C11H15BrClNO. The van der Waals surface area contributed by atoms with E-state index >= 15 is 0 Å². The van der Waals surface area contributed by atoms with E-state index in [2.05, 4.69) is 26.9 Å². The van der Waals surface area contributed by atoms with Crippen molar-refractivity contribution in [2.75, 3.05) is 32.2 Å². The van der Waals surface area contributed by atoms with Crippen molar-refractivity contribution in [3.8, 4) is 0 Å². The van der Waals surface area contributed by atoms with Gasteiger partial charge < -0.3 is 9.64 Å². The lowest BCUT2D eigenvalue weighted by Gasteiger charge is -2.21. The van der Waals surface area contributed by atoms with Crippen molar-refractivity contribution in [1.29, 1.82) is 0 Å². The van der Waals surface area contributed by atoms with Gasteiger partial charge in [-0.25, -0.2) is 0 Å². The molecule has 1 rings (SSSR count). The van der Waals surface area contributed by atoms with Crippen LogP contribution < -0.4 is 4.90 Å². The Morgan fingerprint density at radius 3 is 2.80 bits per heavy atom. The van der Waals surface area contributed by atoms with Crippen molar-refractivity contribution in [2.24, 2.45) is 0 Å². The van der Waals surface area contributed by atoms with E-state index in [0.29, 0.717) is 12.5 Å². The predicted octanol–water partition coefficient (Wildman–Crippen LogP) is 3.27. The van der Waals surface area contributed by atoms with Crippen LogP contribution in [-0.2, 0) is 10.6 Å². The van der Waals surface area contributed by atoms with Crippen molar-refractivity contribution in [1.82, 2.24) is 0 Å². The minimum absolute atomic E-state index is 0.528. The Bertz CT molecular complexity index is 319. The topological polar surface area (TPSA) is 12.5 Å². The first-order chi connectivity index (χ1) is 7.19. The summed E-state index contributed by atoms with van der Waals surface area (Å²) in [6.45, 7) is 1.57. The van der Waals surface area contributed by atoms with E-state index in [9.17, 15) is 0 Å². The number of ether oxygens (including phenoxy) is 1. The van der Waals surface area contributed by atoms with Crippen LogP contribution in [-0.4, -0.2) is 27.3 Å². The number of benzene rings is 1. The van der Waals surface area contributed by atoms with Crippen molar-refractivity contribution in [3.05, 3.63) is 28.2 Å². The van der Waals surface area contributed by atoms with Gasteiger partial charge in [-0.1, -0.05) is 22.0 Å². The van der Waals surface area contributed by atoms with E-state index in [1.54, 1.807) is 7.11 Å². The second-order valence-electron chi connectivity index (χ2n) is 3.32. The van der Waals surface area contributed by atoms with Gasteiger partial charge in [-0.2, -0.15) is 0 Å². The molecule has 4 heteroatoms. The highest BCUT2D eigenvalue weighted by Crippen LogP contribution is 2.25. The third-order valence-electron chi connectivity index (χ3n) is 2.23. The second-order valence-corrected chi connectivity index (χ2v) is 4.50. The minimum Gasteiger partial charge on any atom is -0.383 e. The third kappa shape index (κ3) is 3.67. The molecule has 0 aliphatic rings. The van der Waals surface area contributed by atoms with E-state index in [1.807, 2.05) is 19.2 Å². The van der Waals surface area contributed by atoms with Crippen LogP contribution in [0.25, 0.3) is 0 Å². The van der Waals surface area contributed by atoms with Crippen LogP contribution in [0.4, 0.5) is 5.69 Å². The maximum atomic E-state index is 5.89. The van der Waals surface area contributed by atoms with Crippen molar-refractivity contribution in [2.45, 2.75) is 5.88 Å². The molecule has 0 radical (unpaired) electrons. The monoisotopic (exact) mass is 291 g/mol. The zero-order chi connectivity index (χ0) is 11.3. The zero-order valence-electron chi connectivity index (χ0n) is 8.96. The fourth-order valence-corrected chi connectivity index (χ4v) is 1.93. The minimum atomic E-state index is 0.528. The van der Waals surface area contributed by atoms with Gasteiger partial charge in [0, 0.05) is 36.7 Å². The average molecular weight is 293 g/mol. The Hall–Kier alpha value is -0.250. The summed E-state index contributed by atoms with van der Waals surface area (Å²) < 4.78 is 6.12. The zero-order valence-corrected chi connectivity index (χ0v) is 11.3. The van der Waals surface area contributed by atoms with E-state index in [-0.39, 0.29) is 0 Å². The van der Waals surface area contributed by atoms with Crippen LogP contribution in [0.15, 0.2) is 22.7 Å². The van der Waals surface area contributed by atoms with Gasteiger partial charge in [0.2, 0.25) is 0 Å². The lowest BCUT2D eigenvalue weighted by molar-refractivity contribution is 0.206. The van der Waals surface area contributed by atoms with E-state index < -0.39 is 0 Å². The normalized spacial score (nSPS) is 10.4. The van der Waals surface area contributed by atoms with Gasteiger partial charge in [0.05, 0.1) is 6.61 Å². The number of halogens is 2. The van der Waals surface area contributed by atoms with Gasteiger partial charge in [-0.05, 0) is 17.7 Å². The Kier molecular flexibility index (Phi) is 5.43. The number of anilines is 1. The lowest BCUT2D eigenvalue weighted by atomic mass is 10.2. The van der Waals surface area contributed by atoms with Gasteiger partial charge >= 0.3 is 0 Å². The summed E-state index contributed by atoms with van der Waals surface area (Å²) in [4.78, 5) is 2.14. The highest BCUT2D eigenvalue weighted by Gasteiger charge is 2.07. The maximum absolute atomic E-state index is 5.89. The van der Waals surface area contributed by atoms with Crippen LogP contribution in [0, 0.1) is 0 Å². The standard InChI is InChI=1S/C11H15BrClNO/c1-14(5-6-15-2)11-7-10(12)4-3-9(11)8-13/h3-4,7H,5-6,8H2,1-2H3. The summed E-state index contributed by atoms with van der Waals surface area (Å²) >= 11 is 9.35. The number of rotatable bonds is 5. The van der Waals surface area contributed by atoms with Crippen molar-refractivity contribution >= 4 is 33.2 Å². The Labute approximate surface area is 104 Å². The molecule has 0 N–H and O–H groups in total. The van der Waals surface area contributed by atoms with Crippen LogP contribution in [0.5, 0.6) is 0 Å². The summed E-state index contributed by atoms with van der Waals surface area (Å²) in [6.07, 6.45) is 0. The Balaban J connectivity index is 2.85. The second kappa shape index (κ2) is 6.36. The molecule has 0 unspecified atom stereocenters. The fraction of sp³-hybridized carbons (Fsp3) is 0.455. The van der Waals surface area contributed by atoms with E-state index in [0.717, 1.165) is 22.3 Å². The first kappa shape index (κ1) is 12.8. The van der Waals surface area contributed by atoms with E-state index in [4.69, 9.17) is 16.3 Å². The smallest absolute Gasteiger partial charge is 0.0637 e. The molecular weight excluding hydrogens is 277 g/mol. The van der Waals surface area contributed by atoms with Crippen LogP contribution in [0.2, 0.25) is 0 Å². The molecule has 84 valence electrons. The van der Waals surface area contributed by atoms with Crippen molar-refractivity contribution in [3.63, 3.8) is 0 Å². The van der Waals surface area contributed by atoms with Crippen LogP contribution in [0.3, 0.4) is 0 Å². The number of alkyl halides is 1. The third-order valence-corrected chi connectivity index (χ3v) is 3.01. The molecule has 0 atom stereocenters. The molecule has 0 bridgehead atoms. The predicted molar refractivity (Wildman–Crippen MR) is 68.8 cm³/mol. The summed E-state index contributed by atoms with van der Waals surface area (Å²) in [6, 6.07) is 6.12. The number of nitrogens with zero attached hydrogens (tertiary/aromatic N) is 1. The van der Waals surface area contributed by atoms with Crippen LogP contribution >= 0.6 is 27.5 Å². The number of hydrogen-bond acceptors (Lipinski definition) is 2. The molecule has 0 aliphatic carbocycles. The quantitative estimate of drug-likeness (QED) is 0.772. The van der Waals surface area contributed by atoms with Gasteiger partial charge in [-0.3, -0.25) is 0 Å². The van der Waals surface area contributed by atoms with Crippen LogP contribution in [0.1, 0.15) is 5.56 Å². The Morgan fingerprint density at radius 2 is 2.20 bits per heavy atom.